The summed E-state index contributed by atoms with van der Waals surface area (Å²) < 4.78 is 26.8. The molecule has 5 heterocycles. The minimum absolute atomic E-state index is 0.331. The van der Waals surface area contributed by atoms with Crippen LogP contribution in [-0.2, 0) is 29.1 Å². The van der Waals surface area contributed by atoms with E-state index in [1.807, 2.05) is 20.0 Å². The maximum Gasteiger partial charge on any atom is 0.225 e. The quantitative estimate of drug-likeness (QED) is 0.327. The number of aromatic nitrogens is 2. The third-order valence-electron chi connectivity index (χ3n) is 8.25. The fourth-order valence-electron chi connectivity index (χ4n) is 6.29. The number of anilines is 2. The van der Waals surface area contributed by atoms with Crippen LogP contribution in [0, 0.1) is 17.1 Å². The summed E-state index contributed by atoms with van der Waals surface area (Å²) in [7, 11) is 0. The van der Waals surface area contributed by atoms with Gasteiger partial charge >= 0.3 is 0 Å². The zero-order chi connectivity index (χ0) is 28.7. The Bertz CT molecular complexity index is 1650. The van der Waals surface area contributed by atoms with Crippen LogP contribution in [-0.4, -0.2) is 60.3 Å². The molecule has 41 heavy (non-hydrogen) atoms. The fraction of sp³-hybridized carbons (Fsp3) is 0.452. The van der Waals surface area contributed by atoms with Crippen LogP contribution in [0.4, 0.5) is 15.3 Å². The Morgan fingerprint density at radius 3 is 2.63 bits per heavy atom. The van der Waals surface area contributed by atoms with Gasteiger partial charge in [-0.1, -0.05) is 33.3 Å². The first-order valence-electron chi connectivity index (χ1n) is 14.5. The number of fused-ring (bicyclic) bond motifs is 4. The van der Waals surface area contributed by atoms with Crippen molar-refractivity contribution < 1.29 is 13.9 Å². The largest absolute Gasteiger partial charge is 0.389 e. The zero-order valence-electron chi connectivity index (χ0n) is 23.8. The number of aryl methyl sites for hydroxylation is 1. The Kier molecular flexibility index (Phi) is 7.79. The van der Waals surface area contributed by atoms with Crippen LogP contribution in [0.5, 0.6) is 0 Å². The zero-order valence-corrected chi connectivity index (χ0v) is 24.6. The van der Waals surface area contributed by atoms with E-state index in [0.29, 0.717) is 39.9 Å². The van der Waals surface area contributed by atoms with Crippen LogP contribution in [0.3, 0.4) is 0 Å². The van der Waals surface area contributed by atoms with E-state index < -0.39 is 0 Å². The molecule has 2 aromatic heterocycles. The smallest absolute Gasteiger partial charge is 0.225 e. The Morgan fingerprint density at radius 1 is 1.15 bits per heavy atom. The number of hydrogen-bond acceptors (Lipinski definition) is 9. The topological polar surface area (TPSA) is 101 Å². The molecule has 0 radical (unpaired) electrons. The lowest BCUT2D eigenvalue weighted by molar-refractivity contribution is 0.0103. The third kappa shape index (κ3) is 4.61. The van der Waals surface area contributed by atoms with E-state index in [1.54, 1.807) is 6.07 Å². The molecule has 4 aromatic rings. The molecule has 0 saturated carbocycles. The number of rotatable bonds is 5. The second-order valence-electron chi connectivity index (χ2n) is 10.4. The molecule has 2 N–H and O–H groups in total. The normalized spacial score (nSPS) is 17.3. The molecule has 0 aliphatic carbocycles. The summed E-state index contributed by atoms with van der Waals surface area (Å²) in [5.41, 5.74) is 12.5. The molecule has 0 atom stereocenters. The van der Waals surface area contributed by atoms with E-state index in [9.17, 15) is 9.65 Å². The van der Waals surface area contributed by atoms with Gasteiger partial charge in [-0.25, -0.2) is 14.4 Å². The van der Waals surface area contributed by atoms with Crippen molar-refractivity contribution in [1.82, 2.24) is 14.9 Å². The maximum absolute atomic E-state index is 14.9. The number of nitrogens with zero attached hydrogens (tertiary/aromatic N) is 5. The molecule has 0 unspecified atom stereocenters. The average Bonchev–Trinajstić information content (AvgIpc) is 3.60. The third-order valence-corrected chi connectivity index (χ3v) is 9.28. The Labute approximate surface area is 243 Å². The van der Waals surface area contributed by atoms with E-state index >= 15 is 0 Å². The van der Waals surface area contributed by atoms with E-state index in [-0.39, 0.29) is 5.82 Å². The predicted octanol–water partition coefficient (Wildman–Crippen LogP) is 5.63. The van der Waals surface area contributed by atoms with E-state index in [2.05, 4.69) is 22.8 Å². The predicted molar refractivity (Wildman–Crippen MR) is 162 cm³/mol. The van der Waals surface area contributed by atoms with Gasteiger partial charge in [-0.05, 0) is 40.3 Å². The van der Waals surface area contributed by atoms with Crippen molar-refractivity contribution in [3.63, 3.8) is 0 Å². The van der Waals surface area contributed by atoms with Crippen LogP contribution < -0.4 is 10.6 Å². The molecule has 2 fully saturated rings. The van der Waals surface area contributed by atoms with Crippen molar-refractivity contribution >= 4 is 43.3 Å². The van der Waals surface area contributed by atoms with Gasteiger partial charge in [0.1, 0.15) is 16.9 Å². The van der Waals surface area contributed by atoms with E-state index in [0.717, 1.165) is 108 Å². The van der Waals surface area contributed by atoms with Crippen molar-refractivity contribution in [2.24, 2.45) is 0 Å². The molecule has 3 aliphatic heterocycles. The van der Waals surface area contributed by atoms with E-state index in [1.165, 1.54) is 6.07 Å². The summed E-state index contributed by atoms with van der Waals surface area (Å²) >= 11 is 1.13. The SMILES string of the molecule is CC.CCCc1c(-c2ccc(F)c3sc(N)c(C#N)c23)c2c(c3cnc(N4CC(N5CCOCC5)C4)nc13)COC2. The molecule has 10 heteroatoms. The van der Waals surface area contributed by atoms with Crippen molar-refractivity contribution in [1.29, 1.82) is 5.26 Å². The molecule has 8 nitrogen and oxygen atoms in total. The number of morpholine rings is 1. The van der Waals surface area contributed by atoms with Gasteiger partial charge in [-0.3, -0.25) is 4.90 Å². The van der Waals surface area contributed by atoms with Gasteiger partial charge in [0.2, 0.25) is 5.95 Å². The summed E-state index contributed by atoms with van der Waals surface area (Å²) in [6, 6.07) is 5.99. The van der Waals surface area contributed by atoms with Crippen molar-refractivity contribution in [2.75, 3.05) is 50.0 Å². The first-order chi connectivity index (χ1) is 20.1. The standard InChI is InChI=1S/C29H29FN6O2S.C2H6/c1-2-3-18-24(17-4-5-23(30)27-25(17)19(10-31)28(32)39-27)22-15-38-14-21(22)20-11-33-29(34-26(18)20)36-12-16(13-36)35-6-8-37-9-7-35;1-2/h4-5,11,16H,2-3,6-9,12-15,32H2,1H3;1-2H3. The fourth-order valence-corrected chi connectivity index (χ4v) is 7.24. The highest BCUT2D eigenvalue weighted by atomic mass is 32.1. The van der Waals surface area contributed by atoms with Crippen LogP contribution in [0.2, 0.25) is 0 Å². The molecular weight excluding hydrogens is 539 g/mol. The molecular formula is C31H35FN6O2S. The summed E-state index contributed by atoms with van der Waals surface area (Å²) in [6.07, 6.45) is 3.64. The van der Waals surface area contributed by atoms with Gasteiger partial charge < -0.3 is 20.1 Å². The molecule has 0 amide bonds. The number of thiophene rings is 1. The highest BCUT2D eigenvalue weighted by Crippen LogP contribution is 2.47. The number of hydrogen-bond donors (Lipinski definition) is 1. The number of benzene rings is 2. The molecule has 0 bridgehead atoms. The number of nitrogen functional groups attached to an aromatic ring is 1. The lowest BCUT2D eigenvalue weighted by Crippen LogP contribution is -2.62. The monoisotopic (exact) mass is 574 g/mol. The maximum atomic E-state index is 14.9. The van der Waals surface area contributed by atoms with E-state index in [4.69, 9.17) is 25.2 Å². The second kappa shape index (κ2) is 11.5. The van der Waals surface area contributed by atoms with Gasteiger partial charge in [0, 0.05) is 49.2 Å². The van der Waals surface area contributed by atoms with Crippen LogP contribution in [0.25, 0.3) is 32.1 Å². The molecule has 2 aromatic carbocycles. The molecule has 7 rings (SSSR count). The minimum Gasteiger partial charge on any atom is -0.389 e. The second-order valence-corrected chi connectivity index (χ2v) is 11.5. The number of halogens is 1. The minimum atomic E-state index is -0.366. The first kappa shape index (κ1) is 27.8. The van der Waals surface area contributed by atoms with Gasteiger partial charge in [0.15, 0.2) is 0 Å². The molecule has 214 valence electrons. The highest BCUT2D eigenvalue weighted by Gasteiger charge is 2.35. The van der Waals surface area contributed by atoms with Gasteiger partial charge in [0.05, 0.1) is 42.2 Å². The van der Waals surface area contributed by atoms with Crippen molar-refractivity contribution in [3.05, 3.63) is 46.4 Å². The molecule has 0 spiro atoms. The average molecular weight is 575 g/mol. The summed E-state index contributed by atoms with van der Waals surface area (Å²) in [6.45, 7) is 12.4. The summed E-state index contributed by atoms with van der Waals surface area (Å²) in [5.74, 6) is 0.366. The van der Waals surface area contributed by atoms with Crippen LogP contribution in [0.1, 0.15) is 49.4 Å². The Balaban J connectivity index is 0.00000148. The Morgan fingerprint density at radius 2 is 1.90 bits per heavy atom. The molecule has 2 saturated heterocycles. The van der Waals surface area contributed by atoms with Crippen LogP contribution in [0.15, 0.2) is 18.3 Å². The lowest BCUT2D eigenvalue weighted by Gasteiger charge is -2.46. The Hall–Kier alpha value is -3.36. The van der Waals surface area contributed by atoms with Gasteiger partial charge in [-0.15, -0.1) is 11.3 Å². The lowest BCUT2D eigenvalue weighted by atomic mass is 9.85. The summed E-state index contributed by atoms with van der Waals surface area (Å²) in [4.78, 5) is 14.7. The highest BCUT2D eigenvalue weighted by molar-refractivity contribution is 7.23. The number of nitriles is 1. The van der Waals surface area contributed by atoms with Crippen molar-refractivity contribution in [2.45, 2.75) is 52.9 Å². The van der Waals surface area contributed by atoms with Crippen LogP contribution >= 0.6 is 11.3 Å². The summed E-state index contributed by atoms with van der Waals surface area (Å²) in [5, 5.41) is 11.9. The van der Waals surface area contributed by atoms with Gasteiger partial charge in [-0.2, -0.15) is 5.26 Å². The number of nitrogens with two attached hydrogens (primary N) is 1. The molecule has 3 aliphatic rings. The first-order valence-corrected chi connectivity index (χ1v) is 15.3. The number of ether oxygens (including phenoxy) is 2. The van der Waals surface area contributed by atoms with Crippen molar-refractivity contribution in [3.8, 4) is 17.2 Å². The van der Waals surface area contributed by atoms with Gasteiger partial charge in [0.25, 0.3) is 0 Å².